The number of amides is 1. The molecule has 3 aliphatic rings. The van der Waals surface area contributed by atoms with Gasteiger partial charge in [0.1, 0.15) is 24.1 Å². The molecule has 6 atom stereocenters. The highest BCUT2D eigenvalue weighted by Gasteiger charge is 2.65. The minimum Gasteiger partial charge on any atom is -0.508 e. The number of hydrogen-bond acceptors (Lipinski definition) is 11. The molecule has 0 radical (unpaired) electrons. The van der Waals surface area contributed by atoms with E-state index in [0.29, 0.717) is 24.3 Å². The summed E-state index contributed by atoms with van der Waals surface area (Å²) in [5.74, 6) is -1.50. The lowest BCUT2D eigenvalue weighted by Gasteiger charge is -2.59. The Labute approximate surface area is 376 Å². The van der Waals surface area contributed by atoms with Crippen LogP contribution in [0.4, 0.5) is 4.79 Å². The topological polar surface area (TPSA) is 160 Å². The maximum absolute atomic E-state index is 14.6. The van der Waals surface area contributed by atoms with Crippen molar-refractivity contribution in [3.05, 3.63) is 84.0 Å². The van der Waals surface area contributed by atoms with Crippen molar-refractivity contribution in [1.29, 1.82) is 0 Å². The molecule has 12 heteroatoms. The smallest absolute Gasteiger partial charge is 0.410 e. The second kappa shape index (κ2) is 27.4. The molecule has 2 aromatic rings. The lowest BCUT2D eigenvalue weighted by atomic mass is 9.55. The molecular formula is C51H76N2O10. The van der Waals surface area contributed by atoms with E-state index in [1.54, 1.807) is 29.2 Å². The number of hydrogen-bond donors (Lipinski definition) is 4. The summed E-state index contributed by atoms with van der Waals surface area (Å²) in [5.41, 5.74) is 3.38. The first-order valence-corrected chi connectivity index (χ1v) is 24.0. The molecule has 0 bridgehead atoms. The summed E-state index contributed by atoms with van der Waals surface area (Å²) in [6.07, 6.45) is 19.8. The molecule has 1 saturated carbocycles. The number of nitrogens with zero attached hydrogens (tertiary/aromatic N) is 2. The fourth-order valence-corrected chi connectivity index (χ4v) is 9.95. The summed E-state index contributed by atoms with van der Waals surface area (Å²) in [4.78, 5) is 22.5. The van der Waals surface area contributed by atoms with Crippen molar-refractivity contribution in [1.82, 2.24) is 4.90 Å². The van der Waals surface area contributed by atoms with Gasteiger partial charge in [-0.15, -0.1) is 6.58 Å². The number of fused-ring (bicyclic) bond motifs is 2. The lowest BCUT2D eigenvalue weighted by molar-refractivity contribution is -0.256. The zero-order chi connectivity index (χ0) is 44.7. The maximum atomic E-state index is 14.6. The van der Waals surface area contributed by atoms with Gasteiger partial charge in [-0.2, -0.15) is 0 Å². The maximum Gasteiger partial charge on any atom is 0.410 e. The van der Waals surface area contributed by atoms with Crippen LogP contribution < -0.4 is 4.74 Å². The van der Waals surface area contributed by atoms with E-state index in [1.807, 2.05) is 30.3 Å². The van der Waals surface area contributed by atoms with E-state index in [-0.39, 0.29) is 89.3 Å². The van der Waals surface area contributed by atoms with E-state index in [1.165, 1.54) is 44.9 Å². The van der Waals surface area contributed by atoms with Crippen molar-refractivity contribution in [3.8, 4) is 11.5 Å². The fourth-order valence-electron chi connectivity index (χ4n) is 9.95. The Kier molecular flexibility index (Phi) is 21.8. The van der Waals surface area contributed by atoms with E-state index >= 15 is 0 Å². The summed E-state index contributed by atoms with van der Waals surface area (Å²) in [7, 11) is 0. The number of benzene rings is 2. The molecule has 4 N–H and O–H groups in total. The van der Waals surface area contributed by atoms with Crippen molar-refractivity contribution in [3.63, 3.8) is 0 Å². The number of unbranched alkanes of at least 4 members (excludes halogenated alkanes) is 11. The van der Waals surface area contributed by atoms with Crippen molar-refractivity contribution in [2.75, 3.05) is 52.8 Å². The molecule has 0 aromatic heterocycles. The summed E-state index contributed by atoms with van der Waals surface area (Å²) in [5, 5.41) is 45.3. The number of oxime groups is 1. The Morgan fingerprint density at radius 1 is 0.873 bits per heavy atom. The number of aromatic hydroxyl groups is 1. The second-order valence-corrected chi connectivity index (χ2v) is 17.4. The number of aliphatic hydroxyl groups excluding tert-OH is 3. The Bertz CT molecular complexity index is 1700. The van der Waals surface area contributed by atoms with Crippen molar-refractivity contribution >= 4 is 11.8 Å². The summed E-state index contributed by atoms with van der Waals surface area (Å²) in [6, 6.07) is 14.2. The van der Waals surface area contributed by atoms with Crippen LogP contribution in [0.25, 0.3) is 0 Å². The van der Waals surface area contributed by atoms with Crippen molar-refractivity contribution in [2.24, 2.45) is 22.9 Å². The molecular weight excluding hydrogens is 801 g/mol. The Morgan fingerprint density at radius 3 is 2.29 bits per heavy atom. The molecule has 2 aromatic carbocycles. The van der Waals surface area contributed by atoms with Gasteiger partial charge in [-0.3, -0.25) is 4.90 Å². The molecule has 1 heterocycles. The van der Waals surface area contributed by atoms with Crippen molar-refractivity contribution in [2.45, 2.75) is 140 Å². The zero-order valence-electron chi connectivity index (χ0n) is 37.9. The highest BCUT2D eigenvalue weighted by molar-refractivity contribution is 6.03. The predicted molar refractivity (Wildman–Crippen MR) is 246 cm³/mol. The van der Waals surface area contributed by atoms with E-state index in [2.05, 4.69) is 19.6 Å². The van der Waals surface area contributed by atoms with Gasteiger partial charge in [0, 0.05) is 37.7 Å². The first kappa shape index (κ1) is 50.1. The van der Waals surface area contributed by atoms with Gasteiger partial charge in [-0.05, 0) is 73.3 Å². The summed E-state index contributed by atoms with van der Waals surface area (Å²) < 4.78 is 26.1. The van der Waals surface area contributed by atoms with Gasteiger partial charge in [0.15, 0.2) is 0 Å². The Balaban J connectivity index is 1.57. The van der Waals surface area contributed by atoms with Crippen LogP contribution in [0.3, 0.4) is 0 Å². The number of phenols is 1. The molecule has 0 spiro atoms. The molecule has 1 aliphatic heterocycles. The predicted octanol–water partition coefficient (Wildman–Crippen LogP) is 9.59. The molecule has 0 unspecified atom stereocenters. The van der Waals surface area contributed by atoms with Crippen LogP contribution in [0, 0.1) is 17.8 Å². The third kappa shape index (κ3) is 14.0. The van der Waals surface area contributed by atoms with Gasteiger partial charge in [0.25, 0.3) is 0 Å². The first-order chi connectivity index (χ1) is 30.9. The Hall–Kier alpha value is -3.94. The van der Waals surface area contributed by atoms with Crippen LogP contribution in [0.15, 0.2) is 78.0 Å². The fraction of sp³-hybridized carbons (Fsp3) is 0.647. The van der Waals surface area contributed by atoms with Crippen LogP contribution in [-0.4, -0.2) is 102 Å². The number of rotatable bonds is 31. The molecule has 12 nitrogen and oxygen atoms in total. The zero-order valence-corrected chi connectivity index (χ0v) is 37.9. The average molecular weight is 877 g/mol. The average Bonchev–Trinajstić information content (AvgIpc) is 3.29. The lowest BCUT2D eigenvalue weighted by Crippen LogP contribution is -2.70. The standard InChI is InChI=1S/C51H76N2O10/c1-3-5-6-7-8-9-10-11-12-20-32-60-50(58)53(27-33-59-34-30-56)47-37-45(52-62-38-39-21-14-13-15-22-39)43-35-40(23-16-18-28-54)42(24-17-19-29-55)48-44-36-41(57)25-26-46(44)63-51(47,49(43)48)61-31-4-2/h4,13-15,21-22,25-26,35-36,40,42,47-49,54-57H,2-3,5-12,16-20,23-24,27-34,37-38H2,1H3/t40-,42+,47-,48+,49+,51+/m0/s1. The van der Waals surface area contributed by atoms with Crippen LogP contribution in [0.5, 0.6) is 11.5 Å². The van der Waals surface area contributed by atoms with Gasteiger partial charge >= 0.3 is 6.09 Å². The number of carbonyl (C=O) groups is 1. The number of carbonyl (C=O) groups excluding carboxylic acids is 1. The normalized spacial score (nSPS) is 23.0. The SMILES string of the molecule is C=CCO[C@@]12Oc3ccc(O)cc3[C@H]3[C@H](CCCCO)[C@@H](CCCCO)C=C(C(=NOCc4ccccc4)C[C@@H]1N(CCOCCO)C(=O)OCCCCCCCCCCCC)[C@H]32. The molecule has 0 saturated heterocycles. The molecule has 5 rings (SSSR count). The van der Waals surface area contributed by atoms with Gasteiger partial charge in [0.2, 0.25) is 5.79 Å². The number of ether oxygens (including phenoxy) is 4. The van der Waals surface area contributed by atoms with Crippen LogP contribution in [-0.2, 0) is 25.7 Å². The minimum atomic E-state index is -1.47. The van der Waals surface area contributed by atoms with E-state index < -0.39 is 23.8 Å². The van der Waals surface area contributed by atoms with Gasteiger partial charge < -0.3 is 44.2 Å². The van der Waals surface area contributed by atoms with Gasteiger partial charge in [-0.25, -0.2) is 4.79 Å². The van der Waals surface area contributed by atoms with E-state index in [9.17, 15) is 25.2 Å². The molecule has 1 fully saturated rings. The van der Waals surface area contributed by atoms with E-state index in [0.717, 1.165) is 61.6 Å². The molecule has 2 aliphatic carbocycles. The number of phenolic OH excluding ortho intramolecular Hbond substituents is 1. The van der Waals surface area contributed by atoms with Crippen molar-refractivity contribution < 1.29 is 49.0 Å². The largest absolute Gasteiger partial charge is 0.508 e. The second-order valence-electron chi connectivity index (χ2n) is 17.4. The van der Waals surface area contributed by atoms with E-state index in [4.69, 9.17) is 28.9 Å². The monoisotopic (exact) mass is 877 g/mol. The van der Waals surface area contributed by atoms with Crippen LogP contribution >= 0.6 is 0 Å². The molecule has 350 valence electrons. The van der Waals surface area contributed by atoms with Gasteiger partial charge in [-0.1, -0.05) is 125 Å². The number of aliphatic hydroxyl groups is 3. The minimum absolute atomic E-state index is 0.0232. The number of allylic oxidation sites excluding steroid dienone is 1. The molecule has 63 heavy (non-hydrogen) atoms. The third-order valence-corrected chi connectivity index (χ3v) is 13.0. The van der Waals surface area contributed by atoms with Gasteiger partial charge in [0.05, 0.1) is 44.7 Å². The third-order valence-electron chi connectivity index (χ3n) is 13.0. The highest BCUT2D eigenvalue weighted by atomic mass is 16.7. The quantitative estimate of drug-likeness (QED) is 0.0326. The van der Waals surface area contributed by atoms with Crippen LogP contribution in [0.2, 0.25) is 0 Å². The molecule has 1 amide bonds. The summed E-state index contributed by atoms with van der Waals surface area (Å²) in [6.45, 7) is 7.28. The van der Waals surface area contributed by atoms with Crippen LogP contribution in [0.1, 0.15) is 133 Å². The Morgan fingerprint density at radius 2 is 1.59 bits per heavy atom. The highest BCUT2D eigenvalue weighted by Crippen LogP contribution is 2.62. The first-order valence-electron chi connectivity index (χ1n) is 24.0. The summed E-state index contributed by atoms with van der Waals surface area (Å²) >= 11 is 0.